The first-order chi connectivity index (χ1) is 8.02. The third kappa shape index (κ3) is 2.28. The third-order valence-corrected chi connectivity index (χ3v) is 2.97. The second-order valence-electron chi connectivity index (χ2n) is 2.93. The van der Waals surface area contributed by atoms with Crippen molar-refractivity contribution in [3.63, 3.8) is 0 Å². The number of benzene rings is 2. The molecule has 0 radical (unpaired) electrons. The minimum Gasteiger partial charge on any atom is -0.0837 e. The molecule has 0 aliphatic carbocycles. The molecule has 0 heterocycles. The molecule has 0 nitrogen and oxygen atoms in total. The molecule has 0 aromatic heterocycles. The van der Waals surface area contributed by atoms with E-state index in [-0.39, 0.29) is 17.1 Å². The molecule has 0 spiro atoms. The van der Waals surface area contributed by atoms with Gasteiger partial charge in [0.25, 0.3) is 0 Å². The van der Waals surface area contributed by atoms with Crippen LogP contribution in [0.5, 0.6) is 0 Å². The van der Waals surface area contributed by atoms with Crippen molar-refractivity contribution < 1.29 is 2.74 Å². The zero-order valence-electron chi connectivity index (χ0n) is 9.52. The molecule has 2 aromatic rings. The fourth-order valence-electron chi connectivity index (χ4n) is 1.23. The minimum absolute atomic E-state index is 0.117. The van der Waals surface area contributed by atoms with Crippen LogP contribution in [0.15, 0.2) is 42.4 Å². The molecule has 3 heteroatoms. The van der Waals surface area contributed by atoms with Gasteiger partial charge in [-0.05, 0) is 23.7 Å². The summed E-state index contributed by atoms with van der Waals surface area (Å²) in [5.74, 6) is 0. The fourth-order valence-corrected chi connectivity index (χ4v) is 1.73. The summed E-state index contributed by atoms with van der Waals surface area (Å²) >= 11 is 17.8. The molecule has 0 saturated heterocycles. The first kappa shape index (κ1) is 8.46. The van der Waals surface area contributed by atoms with Gasteiger partial charge in [0.05, 0.1) is 12.8 Å². The molecule has 76 valence electrons. The highest BCUT2D eigenvalue weighted by atomic mass is 35.5. The first-order valence-corrected chi connectivity index (χ1v) is 5.36. The summed E-state index contributed by atoms with van der Waals surface area (Å²) < 4.78 is 15.5. The Morgan fingerprint density at radius 2 is 1.67 bits per heavy atom. The highest BCUT2D eigenvalue weighted by Gasteiger charge is 2.04. The zero-order valence-corrected chi connectivity index (χ0v) is 9.79. The minimum atomic E-state index is 0.117. The van der Waals surface area contributed by atoms with Crippen LogP contribution in [-0.4, -0.2) is 0 Å². The summed E-state index contributed by atoms with van der Waals surface area (Å²) in [6, 6.07) is 8.68. The van der Waals surface area contributed by atoms with E-state index in [9.17, 15) is 0 Å². The standard InChI is InChI=1S/C12H7Cl3/c13-10-4-2-1-3-9(10)8-5-6-11(14)12(15)7-8/h1-7H/i4D,7D. The lowest BCUT2D eigenvalue weighted by molar-refractivity contribution is 1.62. The maximum absolute atomic E-state index is 7.90. The molecule has 2 rings (SSSR count). The van der Waals surface area contributed by atoms with Gasteiger partial charge >= 0.3 is 0 Å². The molecule has 2 aromatic carbocycles. The Balaban J connectivity index is 2.69. The first-order valence-electron chi connectivity index (χ1n) is 5.22. The quantitative estimate of drug-likeness (QED) is 0.651. The van der Waals surface area contributed by atoms with Crippen LogP contribution in [0.25, 0.3) is 11.1 Å². The average molecular weight is 260 g/mol. The van der Waals surface area contributed by atoms with Gasteiger partial charge in [-0.25, -0.2) is 0 Å². The van der Waals surface area contributed by atoms with Gasteiger partial charge in [-0.15, -0.1) is 0 Å². The molecular weight excluding hydrogens is 250 g/mol. The molecule has 0 N–H and O–H groups in total. The Hall–Kier alpha value is -0.690. The number of hydrogen-bond acceptors (Lipinski definition) is 0. The summed E-state index contributed by atoms with van der Waals surface area (Å²) in [5.41, 5.74) is 1.18. The van der Waals surface area contributed by atoms with Crippen molar-refractivity contribution in [1.29, 1.82) is 0 Å². The average Bonchev–Trinajstić information content (AvgIpc) is 2.31. The van der Waals surface area contributed by atoms with Crippen LogP contribution in [0.2, 0.25) is 15.1 Å². The van der Waals surface area contributed by atoms with E-state index in [0.29, 0.717) is 21.2 Å². The van der Waals surface area contributed by atoms with Crippen molar-refractivity contribution in [2.24, 2.45) is 0 Å². The molecule has 0 atom stereocenters. The van der Waals surface area contributed by atoms with E-state index in [1.807, 2.05) is 0 Å². The molecule has 0 fully saturated rings. The molecular formula is C12H7Cl3. The lowest BCUT2D eigenvalue weighted by atomic mass is 10.1. The van der Waals surface area contributed by atoms with Crippen molar-refractivity contribution >= 4 is 34.8 Å². The molecule has 0 saturated carbocycles. The van der Waals surface area contributed by atoms with E-state index in [0.717, 1.165) is 0 Å². The van der Waals surface area contributed by atoms with Gasteiger partial charge in [-0.3, -0.25) is 0 Å². The predicted molar refractivity (Wildman–Crippen MR) is 66.9 cm³/mol. The van der Waals surface area contributed by atoms with E-state index in [1.165, 1.54) is 0 Å². The molecule has 0 aliphatic rings. The van der Waals surface area contributed by atoms with Gasteiger partial charge in [-0.2, -0.15) is 0 Å². The van der Waals surface area contributed by atoms with Gasteiger partial charge in [0.1, 0.15) is 0 Å². The number of hydrogen-bond donors (Lipinski definition) is 0. The largest absolute Gasteiger partial charge is 0.0837 e. The zero-order chi connectivity index (χ0) is 12.6. The lowest BCUT2D eigenvalue weighted by Gasteiger charge is -2.05. The second-order valence-corrected chi connectivity index (χ2v) is 4.09. The van der Waals surface area contributed by atoms with E-state index in [2.05, 4.69) is 0 Å². The summed E-state index contributed by atoms with van der Waals surface area (Å²) in [6.07, 6.45) is 0. The van der Waals surface area contributed by atoms with Crippen LogP contribution in [0.4, 0.5) is 0 Å². The van der Waals surface area contributed by atoms with Crippen LogP contribution in [0.3, 0.4) is 0 Å². The Kier molecular flexibility index (Phi) is 2.51. The third-order valence-electron chi connectivity index (χ3n) is 1.95. The van der Waals surface area contributed by atoms with Crippen LogP contribution in [0.1, 0.15) is 2.74 Å². The van der Waals surface area contributed by atoms with Crippen molar-refractivity contribution in [3.8, 4) is 11.1 Å². The van der Waals surface area contributed by atoms with Crippen molar-refractivity contribution in [2.45, 2.75) is 0 Å². The van der Waals surface area contributed by atoms with Crippen molar-refractivity contribution in [3.05, 3.63) is 57.5 Å². The Morgan fingerprint density at radius 3 is 2.47 bits per heavy atom. The molecule has 15 heavy (non-hydrogen) atoms. The van der Waals surface area contributed by atoms with Crippen LogP contribution < -0.4 is 0 Å². The van der Waals surface area contributed by atoms with E-state index < -0.39 is 0 Å². The van der Waals surface area contributed by atoms with Crippen LogP contribution in [0, 0.1) is 0 Å². The van der Waals surface area contributed by atoms with E-state index >= 15 is 0 Å². The number of halogens is 3. The fraction of sp³-hybridized carbons (Fsp3) is 0. The summed E-state index contributed by atoms with van der Waals surface area (Å²) in [6.45, 7) is 0. The van der Waals surface area contributed by atoms with E-state index in [4.69, 9.17) is 37.5 Å². The molecule has 0 amide bonds. The topological polar surface area (TPSA) is 0 Å². The molecule has 0 bridgehead atoms. The van der Waals surface area contributed by atoms with Crippen LogP contribution >= 0.6 is 34.8 Å². The van der Waals surface area contributed by atoms with Crippen molar-refractivity contribution in [2.75, 3.05) is 0 Å². The maximum atomic E-state index is 7.90. The summed E-state index contributed by atoms with van der Waals surface area (Å²) in [4.78, 5) is 0. The van der Waals surface area contributed by atoms with Gasteiger partial charge in [0.15, 0.2) is 0 Å². The van der Waals surface area contributed by atoms with Gasteiger partial charge in [0.2, 0.25) is 0 Å². The monoisotopic (exact) mass is 258 g/mol. The Morgan fingerprint density at radius 1 is 0.867 bits per heavy atom. The molecule has 0 unspecified atom stereocenters. The second kappa shape index (κ2) is 4.44. The lowest BCUT2D eigenvalue weighted by Crippen LogP contribution is -1.79. The molecule has 0 aliphatic heterocycles. The van der Waals surface area contributed by atoms with E-state index in [1.54, 1.807) is 30.3 Å². The predicted octanol–water partition coefficient (Wildman–Crippen LogP) is 5.31. The van der Waals surface area contributed by atoms with Gasteiger partial charge in [0, 0.05) is 10.6 Å². The Bertz CT molecular complexity index is 582. The summed E-state index contributed by atoms with van der Waals surface area (Å²) in [5, 5.41) is 0.827. The Labute approximate surface area is 106 Å². The highest BCUT2D eigenvalue weighted by molar-refractivity contribution is 6.42. The smallest absolute Gasteiger partial charge is 0.0646 e. The summed E-state index contributed by atoms with van der Waals surface area (Å²) in [7, 11) is 0. The van der Waals surface area contributed by atoms with Crippen LogP contribution in [-0.2, 0) is 0 Å². The highest BCUT2D eigenvalue weighted by Crippen LogP contribution is 2.32. The maximum Gasteiger partial charge on any atom is 0.0646 e. The number of rotatable bonds is 1. The SMILES string of the molecule is [2H]c1cccc(-c2ccc(Cl)c(Cl)c2[2H])c1Cl. The normalized spacial score (nSPS) is 12.2. The van der Waals surface area contributed by atoms with Gasteiger partial charge in [-0.1, -0.05) is 59.1 Å². The van der Waals surface area contributed by atoms with Gasteiger partial charge < -0.3 is 0 Å². The van der Waals surface area contributed by atoms with Crippen molar-refractivity contribution in [1.82, 2.24) is 0 Å².